The molecule has 0 aliphatic rings. The molecule has 2 rings (SSSR count). The van der Waals surface area contributed by atoms with E-state index in [1.165, 1.54) is 12.0 Å². The second-order valence-electron chi connectivity index (χ2n) is 9.06. The van der Waals surface area contributed by atoms with Gasteiger partial charge in [0, 0.05) is 12.6 Å². The van der Waals surface area contributed by atoms with E-state index in [-0.39, 0.29) is 24.2 Å². The van der Waals surface area contributed by atoms with Gasteiger partial charge < -0.3 is 19.7 Å². The zero-order chi connectivity index (χ0) is 27.8. The fourth-order valence-corrected chi connectivity index (χ4v) is 4.76. The average molecular weight is 534 g/mol. The Labute approximate surface area is 220 Å². The smallest absolute Gasteiger partial charge is 0.244 e. The third-order valence-electron chi connectivity index (χ3n) is 6.16. The number of hydrogen-bond acceptors (Lipinski definition) is 6. The summed E-state index contributed by atoms with van der Waals surface area (Å²) in [4.78, 5) is 28.5. The predicted molar refractivity (Wildman–Crippen MR) is 145 cm³/mol. The fourth-order valence-electron chi connectivity index (χ4n) is 3.92. The van der Waals surface area contributed by atoms with Crippen molar-refractivity contribution in [2.45, 2.75) is 59.2 Å². The van der Waals surface area contributed by atoms with Crippen LogP contribution < -0.4 is 19.1 Å². The van der Waals surface area contributed by atoms with Crippen LogP contribution in [0.15, 0.2) is 42.5 Å². The number of ether oxygens (including phenoxy) is 2. The van der Waals surface area contributed by atoms with Crippen LogP contribution in [0.1, 0.15) is 44.7 Å². The zero-order valence-corrected chi connectivity index (χ0v) is 23.6. The minimum absolute atomic E-state index is 0.0700. The third kappa shape index (κ3) is 8.11. The number of nitrogens with zero attached hydrogens (tertiary/aromatic N) is 2. The number of carbonyl (C=O) groups is 2. The zero-order valence-electron chi connectivity index (χ0n) is 22.8. The molecule has 0 aliphatic carbocycles. The van der Waals surface area contributed by atoms with Crippen LogP contribution >= 0.6 is 0 Å². The Morgan fingerprint density at radius 2 is 1.73 bits per heavy atom. The van der Waals surface area contributed by atoms with Crippen molar-refractivity contribution in [1.29, 1.82) is 0 Å². The number of carbonyl (C=O) groups excluding carboxylic acids is 2. The number of aryl methyl sites for hydroxylation is 1. The van der Waals surface area contributed by atoms with Gasteiger partial charge in [0.2, 0.25) is 21.8 Å². The Hall–Kier alpha value is -3.27. The molecular weight excluding hydrogens is 494 g/mol. The summed E-state index contributed by atoms with van der Waals surface area (Å²) in [6.07, 6.45) is 2.13. The topological polar surface area (TPSA) is 105 Å². The molecule has 0 heterocycles. The van der Waals surface area contributed by atoms with Gasteiger partial charge in [0.25, 0.3) is 0 Å². The standard InChI is InChI=1S/C27H39N3O6S/c1-8-20(4)28-27(32)23(9-2)29(17-21-11-10-12-22(16-21)35-5)26(31)18-30(37(7,33)34)24-15-19(3)13-14-25(24)36-6/h10-16,20,23H,8-9,17-18H2,1-7H3,(H,28,32)/t20-,23-/m1/s1. The lowest BCUT2D eigenvalue weighted by atomic mass is 10.1. The molecule has 9 nitrogen and oxygen atoms in total. The molecule has 0 unspecified atom stereocenters. The number of methoxy groups -OCH3 is 2. The molecule has 2 atom stereocenters. The Morgan fingerprint density at radius 3 is 2.30 bits per heavy atom. The van der Waals surface area contributed by atoms with Gasteiger partial charge in [-0.05, 0) is 62.1 Å². The van der Waals surface area contributed by atoms with Crippen molar-refractivity contribution in [3.05, 3.63) is 53.6 Å². The molecule has 2 aromatic rings. The average Bonchev–Trinajstić information content (AvgIpc) is 2.86. The first-order chi connectivity index (χ1) is 17.4. The molecule has 0 saturated heterocycles. The van der Waals surface area contributed by atoms with E-state index in [9.17, 15) is 18.0 Å². The van der Waals surface area contributed by atoms with E-state index in [0.717, 1.165) is 28.1 Å². The second kappa shape index (κ2) is 13.3. The highest BCUT2D eigenvalue weighted by molar-refractivity contribution is 7.92. The quantitative estimate of drug-likeness (QED) is 0.423. The lowest BCUT2D eigenvalue weighted by molar-refractivity contribution is -0.140. The van der Waals surface area contributed by atoms with Crippen LogP contribution in [0.5, 0.6) is 11.5 Å². The third-order valence-corrected chi connectivity index (χ3v) is 7.28. The first-order valence-electron chi connectivity index (χ1n) is 12.3. The SMILES string of the molecule is CC[C@@H](C)NC(=O)[C@@H](CC)N(Cc1cccc(OC)c1)C(=O)CN(c1cc(C)ccc1OC)S(C)(=O)=O. The predicted octanol–water partition coefficient (Wildman–Crippen LogP) is 3.50. The lowest BCUT2D eigenvalue weighted by Crippen LogP contribution is -2.53. The normalized spacial score (nSPS) is 12.8. The largest absolute Gasteiger partial charge is 0.497 e. The molecule has 10 heteroatoms. The summed E-state index contributed by atoms with van der Waals surface area (Å²) in [5.41, 5.74) is 1.82. The molecule has 37 heavy (non-hydrogen) atoms. The van der Waals surface area contributed by atoms with Crippen LogP contribution in [0.4, 0.5) is 5.69 Å². The van der Waals surface area contributed by atoms with E-state index >= 15 is 0 Å². The molecule has 0 fully saturated rings. The van der Waals surface area contributed by atoms with Crippen molar-refractivity contribution < 1.29 is 27.5 Å². The fraction of sp³-hybridized carbons (Fsp3) is 0.481. The van der Waals surface area contributed by atoms with Crippen molar-refractivity contribution in [2.24, 2.45) is 0 Å². The van der Waals surface area contributed by atoms with Crippen LogP contribution in [0, 0.1) is 6.92 Å². The summed E-state index contributed by atoms with van der Waals surface area (Å²) < 4.78 is 37.5. The Kier molecular flexibility index (Phi) is 10.8. The number of rotatable bonds is 13. The van der Waals surface area contributed by atoms with E-state index in [1.807, 2.05) is 33.8 Å². The maximum Gasteiger partial charge on any atom is 0.244 e. The molecule has 0 radical (unpaired) electrons. The number of amides is 2. The van der Waals surface area contributed by atoms with Crippen LogP contribution in [0.25, 0.3) is 0 Å². The van der Waals surface area contributed by atoms with Gasteiger partial charge in [-0.15, -0.1) is 0 Å². The lowest BCUT2D eigenvalue weighted by Gasteiger charge is -2.33. The summed E-state index contributed by atoms with van der Waals surface area (Å²) in [5, 5.41) is 2.96. The van der Waals surface area contributed by atoms with E-state index in [1.54, 1.807) is 43.5 Å². The van der Waals surface area contributed by atoms with Crippen molar-refractivity contribution in [1.82, 2.24) is 10.2 Å². The molecule has 2 aromatic carbocycles. The van der Waals surface area contributed by atoms with Crippen molar-refractivity contribution in [3.8, 4) is 11.5 Å². The highest BCUT2D eigenvalue weighted by Gasteiger charge is 2.33. The first kappa shape index (κ1) is 30.0. The molecule has 204 valence electrons. The molecule has 0 spiro atoms. The summed E-state index contributed by atoms with van der Waals surface area (Å²) in [6.45, 7) is 7.12. The van der Waals surface area contributed by atoms with Crippen molar-refractivity contribution in [3.63, 3.8) is 0 Å². The molecule has 2 amide bonds. The van der Waals surface area contributed by atoms with Crippen molar-refractivity contribution in [2.75, 3.05) is 31.3 Å². The Bertz CT molecular complexity index is 1180. The maximum atomic E-state index is 13.8. The summed E-state index contributed by atoms with van der Waals surface area (Å²) >= 11 is 0. The van der Waals surface area contributed by atoms with Gasteiger partial charge in [-0.25, -0.2) is 8.42 Å². The summed E-state index contributed by atoms with van der Waals surface area (Å²) in [5.74, 6) is 0.143. The minimum atomic E-state index is -3.87. The van der Waals surface area contributed by atoms with Gasteiger partial charge in [0.1, 0.15) is 24.1 Å². The highest BCUT2D eigenvalue weighted by atomic mass is 32.2. The second-order valence-corrected chi connectivity index (χ2v) is 11.0. The van der Waals surface area contributed by atoms with Gasteiger partial charge in [-0.1, -0.05) is 32.0 Å². The molecule has 0 saturated carbocycles. The molecule has 0 aromatic heterocycles. The molecule has 0 aliphatic heterocycles. The van der Waals surface area contributed by atoms with Crippen LogP contribution in [0.2, 0.25) is 0 Å². The minimum Gasteiger partial charge on any atom is -0.497 e. The van der Waals surface area contributed by atoms with Gasteiger partial charge in [0.05, 0.1) is 26.2 Å². The summed E-state index contributed by atoms with van der Waals surface area (Å²) in [6, 6.07) is 11.5. The van der Waals surface area contributed by atoms with Gasteiger partial charge >= 0.3 is 0 Å². The molecule has 0 bridgehead atoms. The molecule has 1 N–H and O–H groups in total. The number of anilines is 1. The van der Waals surface area contributed by atoms with Crippen LogP contribution in [-0.4, -0.2) is 64.2 Å². The van der Waals surface area contributed by atoms with E-state index < -0.39 is 28.5 Å². The van der Waals surface area contributed by atoms with Gasteiger partial charge in [-0.2, -0.15) is 0 Å². The number of benzene rings is 2. The van der Waals surface area contributed by atoms with Gasteiger partial charge in [0.15, 0.2) is 0 Å². The number of sulfonamides is 1. The van der Waals surface area contributed by atoms with Crippen LogP contribution in [-0.2, 0) is 26.2 Å². The van der Waals surface area contributed by atoms with E-state index in [2.05, 4.69) is 5.32 Å². The van der Waals surface area contributed by atoms with Crippen LogP contribution in [0.3, 0.4) is 0 Å². The maximum absolute atomic E-state index is 13.8. The Morgan fingerprint density at radius 1 is 1.03 bits per heavy atom. The van der Waals surface area contributed by atoms with E-state index in [4.69, 9.17) is 9.47 Å². The van der Waals surface area contributed by atoms with Gasteiger partial charge in [-0.3, -0.25) is 13.9 Å². The highest BCUT2D eigenvalue weighted by Crippen LogP contribution is 2.31. The monoisotopic (exact) mass is 533 g/mol. The number of nitrogens with one attached hydrogen (secondary N) is 1. The summed E-state index contributed by atoms with van der Waals surface area (Å²) in [7, 11) is -0.876. The Balaban J connectivity index is 2.53. The number of hydrogen-bond donors (Lipinski definition) is 1. The van der Waals surface area contributed by atoms with E-state index in [0.29, 0.717) is 17.9 Å². The molecular formula is C27H39N3O6S. The first-order valence-corrected chi connectivity index (χ1v) is 14.1. The van der Waals surface area contributed by atoms with Crippen molar-refractivity contribution >= 4 is 27.5 Å².